The lowest BCUT2D eigenvalue weighted by molar-refractivity contribution is 0.868. The van der Waals surface area contributed by atoms with Crippen molar-refractivity contribution in [1.82, 2.24) is 9.97 Å². The minimum atomic E-state index is 0. The summed E-state index contributed by atoms with van der Waals surface area (Å²) in [5.41, 5.74) is 7.47. The lowest BCUT2D eigenvalue weighted by Gasteiger charge is -2.02. The average molecular weight is 270 g/mol. The predicted octanol–water partition coefficient (Wildman–Crippen LogP) is 2.72. The zero-order chi connectivity index (χ0) is 11.4. The molecule has 2 rings (SSSR count). The van der Waals surface area contributed by atoms with Crippen LogP contribution in [-0.4, -0.2) is 16.5 Å². The molecule has 2 N–H and O–H groups in total. The second kappa shape index (κ2) is 6.55. The van der Waals surface area contributed by atoms with Crippen molar-refractivity contribution in [3.63, 3.8) is 0 Å². The maximum Gasteiger partial charge on any atom is 0.129 e. The van der Waals surface area contributed by atoms with E-state index in [1.54, 1.807) is 12.4 Å². The molecule has 17 heavy (non-hydrogen) atoms. The molecule has 5 heteroatoms. The largest absolute Gasteiger partial charge is 0.330 e. The molecule has 0 saturated heterocycles. The summed E-state index contributed by atoms with van der Waals surface area (Å²) in [6.45, 7) is 0.570. The maximum absolute atomic E-state index is 5.82. The van der Waals surface area contributed by atoms with Crippen molar-refractivity contribution in [3.8, 4) is 11.1 Å². The van der Waals surface area contributed by atoms with Crippen LogP contribution in [0, 0.1) is 0 Å². The van der Waals surface area contributed by atoms with Gasteiger partial charge in [-0.2, -0.15) is 0 Å². The molecule has 0 radical (unpaired) electrons. The highest BCUT2D eigenvalue weighted by Gasteiger charge is 2.00. The molecule has 0 spiro atoms. The van der Waals surface area contributed by atoms with E-state index in [0.717, 1.165) is 22.0 Å². The molecule has 0 amide bonds. The van der Waals surface area contributed by atoms with Crippen molar-refractivity contribution in [2.75, 3.05) is 6.54 Å². The Morgan fingerprint density at radius 2 is 1.59 bits per heavy atom. The summed E-state index contributed by atoms with van der Waals surface area (Å²) in [4.78, 5) is 8.49. The van der Waals surface area contributed by atoms with E-state index in [-0.39, 0.29) is 12.4 Å². The van der Waals surface area contributed by atoms with Gasteiger partial charge in [0.1, 0.15) is 5.82 Å². The number of halogens is 2. The predicted molar refractivity (Wildman–Crippen MR) is 72.5 cm³/mol. The van der Waals surface area contributed by atoms with Crippen molar-refractivity contribution in [2.24, 2.45) is 5.73 Å². The highest BCUT2D eigenvalue weighted by atomic mass is 35.5. The van der Waals surface area contributed by atoms with Gasteiger partial charge in [0, 0.05) is 29.4 Å². The third-order valence-corrected chi connectivity index (χ3v) is 2.50. The zero-order valence-electron chi connectivity index (χ0n) is 9.14. The monoisotopic (exact) mass is 269 g/mol. The van der Waals surface area contributed by atoms with E-state index >= 15 is 0 Å². The average Bonchev–Trinajstić information content (AvgIpc) is 2.32. The van der Waals surface area contributed by atoms with Gasteiger partial charge in [-0.05, 0) is 24.2 Å². The van der Waals surface area contributed by atoms with Crippen LogP contribution in [0.5, 0.6) is 0 Å². The van der Waals surface area contributed by atoms with E-state index < -0.39 is 0 Å². The Bertz CT molecular complexity index is 454. The molecule has 90 valence electrons. The highest BCUT2D eigenvalue weighted by Crippen LogP contribution is 2.19. The topological polar surface area (TPSA) is 51.8 Å². The fraction of sp³-hybridized carbons (Fsp3) is 0.167. The molecule has 1 aromatic heterocycles. The van der Waals surface area contributed by atoms with Gasteiger partial charge >= 0.3 is 0 Å². The van der Waals surface area contributed by atoms with Gasteiger partial charge in [-0.1, -0.05) is 23.7 Å². The fourth-order valence-corrected chi connectivity index (χ4v) is 1.53. The Morgan fingerprint density at radius 3 is 2.12 bits per heavy atom. The van der Waals surface area contributed by atoms with Crippen LogP contribution < -0.4 is 5.73 Å². The standard InChI is InChI=1S/C12H12ClN3.ClH/c13-11-3-1-9(2-4-11)10-7-15-12(5-6-14)16-8-10;/h1-4,7-8H,5-6,14H2;1H. The molecular formula is C12H13Cl2N3. The van der Waals surface area contributed by atoms with E-state index in [0.29, 0.717) is 13.0 Å². The molecule has 3 nitrogen and oxygen atoms in total. The first-order chi connectivity index (χ1) is 7.79. The second-order valence-corrected chi connectivity index (χ2v) is 3.87. The fourth-order valence-electron chi connectivity index (χ4n) is 1.40. The molecule has 2 aromatic rings. The van der Waals surface area contributed by atoms with Gasteiger partial charge in [-0.15, -0.1) is 12.4 Å². The Balaban J connectivity index is 0.00000144. The number of hydrogen-bond donors (Lipinski definition) is 1. The Hall–Kier alpha value is -1.16. The molecule has 1 heterocycles. The summed E-state index contributed by atoms with van der Waals surface area (Å²) in [6, 6.07) is 7.60. The molecule has 0 fully saturated rings. The van der Waals surface area contributed by atoms with E-state index in [1.165, 1.54) is 0 Å². The van der Waals surface area contributed by atoms with Gasteiger partial charge in [0.05, 0.1) is 0 Å². The van der Waals surface area contributed by atoms with Crippen LogP contribution in [0.1, 0.15) is 5.82 Å². The summed E-state index contributed by atoms with van der Waals surface area (Å²) in [6.07, 6.45) is 4.32. The lowest BCUT2D eigenvalue weighted by Crippen LogP contribution is -2.06. The summed E-state index contributed by atoms with van der Waals surface area (Å²) in [5.74, 6) is 0.778. The highest BCUT2D eigenvalue weighted by molar-refractivity contribution is 6.30. The first kappa shape index (κ1) is 13.9. The first-order valence-electron chi connectivity index (χ1n) is 5.06. The van der Waals surface area contributed by atoms with Gasteiger partial charge in [-0.25, -0.2) is 9.97 Å². The normalized spacial score (nSPS) is 9.76. The number of aromatic nitrogens is 2. The molecule has 0 atom stereocenters. The molecule has 0 aliphatic rings. The number of benzene rings is 1. The number of nitrogens with zero attached hydrogens (tertiary/aromatic N) is 2. The minimum Gasteiger partial charge on any atom is -0.330 e. The number of hydrogen-bond acceptors (Lipinski definition) is 3. The third-order valence-electron chi connectivity index (χ3n) is 2.25. The Kier molecular flexibility index (Phi) is 5.35. The molecular weight excluding hydrogens is 257 g/mol. The lowest BCUT2D eigenvalue weighted by atomic mass is 10.1. The Morgan fingerprint density at radius 1 is 1.00 bits per heavy atom. The van der Waals surface area contributed by atoms with Gasteiger partial charge in [0.2, 0.25) is 0 Å². The summed E-state index contributed by atoms with van der Waals surface area (Å²) in [7, 11) is 0. The van der Waals surface area contributed by atoms with Gasteiger partial charge < -0.3 is 5.73 Å². The van der Waals surface area contributed by atoms with Gasteiger partial charge in [-0.3, -0.25) is 0 Å². The van der Waals surface area contributed by atoms with Crippen LogP contribution in [0.15, 0.2) is 36.7 Å². The van der Waals surface area contributed by atoms with Crippen molar-refractivity contribution in [2.45, 2.75) is 6.42 Å². The van der Waals surface area contributed by atoms with Crippen molar-refractivity contribution >= 4 is 24.0 Å². The van der Waals surface area contributed by atoms with E-state index in [2.05, 4.69) is 9.97 Å². The van der Waals surface area contributed by atoms with Crippen molar-refractivity contribution in [1.29, 1.82) is 0 Å². The van der Waals surface area contributed by atoms with Crippen LogP contribution in [-0.2, 0) is 6.42 Å². The minimum absolute atomic E-state index is 0. The molecule has 0 saturated carbocycles. The van der Waals surface area contributed by atoms with Gasteiger partial charge in [0.25, 0.3) is 0 Å². The molecule has 0 aliphatic heterocycles. The zero-order valence-corrected chi connectivity index (χ0v) is 10.7. The SMILES string of the molecule is Cl.NCCc1ncc(-c2ccc(Cl)cc2)cn1. The van der Waals surface area contributed by atoms with Gasteiger partial charge in [0.15, 0.2) is 0 Å². The Labute approximate surface area is 111 Å². The van der Waals surface area contributed by atoms with Crippen LogP contribution in [0.25, 0.3) is 11.1 Å². The molecule has 0 aliphatic carbocycles. The summed E-state index contributed by atoms with van der Waals surface area (Å²) in [5, 5.41) is 0.726. The summed E-state index contributed by atoms with van der Waals surface area (Å²) < 4.78 is 0. The van der Waals surface area contributed by atoms with E-state index in [4.69, 9.17) is 17.3 Å². The van der Waals surface area contributed by atoms with Crippen LogP contribution >= 0.6 is 24.0 Å². The smallest absolute Gasteiger partial charge is 0.129 e. The third kappa shape index (κ3) is 3.66. The van der Waals surface area contributed by atoms with Crippen LogP contribution in [0.4, 0.5) is 0 Å². The quantitative estimate of drug-likeness (QED) is 0.932. The van der Waals surface area contributed by atoms with E-state index in [9.17, 15) is 0 Å². The molecule has 0 bridgehead atoms. The maximum atomic E-state index is 5.82. The molecule has 1 aromatic carbocycles. The number of rotatable bonds is 3. The number of nitrogens with two attached hydrogens (primary N) is 1. The van der Waals surface area contributed by atoms with E-state index in [1.807, 2.05) is 24.3 Å². The molecule has 0 unspecified atom stereocenters. The van der Waals surface area contributed by atoms with Crippen LogP contribution in [0.3, 0.4) is 0 Å². The summed E-state index contributed by atoms with van der Waals surface area (Å²) >= 11 is 5.82. The van der Waals surface area contributed by atoms with Crippen molar-refractivity contribution in [3.05, 3.63) is 47.5 Å². The second-order valence-electron chi connectivity index (χ2n) is 3.43. The van der Waals surface area contributed by atoms with Crippen molar-refractivity contribution < 1.29 is 0 Å². The first-order valence-corrected chi connectivity index (χ1v) is 5.44. The van der Waals surface area contributed by atoms with Crippen LogP contribution in [0.2, 0.25) is 5.02 Å².